The molecule has 10 unspecified atom stereocenters. The number of benzene rings is 2. The molecule has 4 aliphatic heterocycles. The summed E-state index contributed by atoms with van der Waals surface area (Å²) in [5.41, 5.74) is 14.7. The average Bonchev–Trinajstić information content (AvgIpc) is 1.59. The maximum absolute atomic E-state index is 13.9. The monoisotopic (exact) mass is 1950 g/mol. The smallest absolute Gasteiger partial charge is 0.452 e. The number of anilines is 3. The molecule has 19 N–H and O–H groups in total. The molecule has 45 nitrogen and oxygen atoms in total. The number of amides is 3. The van der Waals surface area contributed by atoms with Crippen LogP contribution in [0.15, 0.2) is 112 Å². The summed E-state index contributed by atoms with van der Waals surface area (Å²) in [6, 6.07) is 8.85. The number of aliphatic hydroxyl groups excluding tert-OH is 2. The van der Waals surface area contributed by atoms with Crippen molar-refractivity contribution < 1.29 is 158 Å². The number of nitrogen functional groups attached to an aromatic ring is 2. The zero-order valence-electron chi connectivity index (χ0n) is 68.5. The summed E-state index contributed by atoms with van der Waals surface area (Å²) in [7, 11) is -34.0. The summed E-state index contributed by atoms with van der Waals surface area (Å²) >= 11 is 0. The molecule has 2 fully saturated rings. The van der Waals surface area contributed by atoms with Gasteiger partial charge in [-0.25, -0.2) is 32.8 Å². The van der Waals surface area contributed by atoms with E-state index in [4.69, 9.17) is 40.0 Å². The number of carbonyl (C=O) groups excluding carboxylic acids is 4. The van der Waals surface area contributed by atoms with Crippen molar-refractivity contribution in [3.05, 3.63) is 130 Å². The van der Waals surface area contributed by atoms with E-state index in [1.165, 1.54) is 62.8 Å². The zero-order chi connectivity index (χ0) is 93.6. The maximum atomic E-state index is 13.9. The number of hydrogen-bond donors (Lipinski definition) is 17. The fraction of sp³-hybridized carbons (Fsp3) is 0.479. The van der Waals surface area contributed by atoms with E-state index < -0.39 is 162 Å². The van der Waals surface area contributed by atoms with Crippen molar-refractivity contribution in [3.63, 3.8) is 0 Å². The van der Waals surface area contributed by atoms with Crippen LogP contribution in [0.5, 0.6) is 0 Å². The van der Waals surface area contributed by atoms with Crippen LogP contribution >= 0.6 is 60.7 Å². The molecule has 127 heavy (non-hydrogen) atoms. The lowest BCUT2D eigenvalue weighted by molar-refractivity contribution is -0.433. The van der Waals surface area contributed by atoms with Gasteiger partial charge in [-0.3, -0.25) is 51.2 Å². The van der Waals surface area contributed by atoms with Gasteiger partial charge in [0, 0.05) is 103 Å². The molecule has 2 aromatic carbocycles. The average molecular weight is 1960 g/mol. The summed E-state index contributed by atoms with van der Waals surface area (Å²) in [5, 5.41) is 30.3. The summed E-state index contributed by atoms with van der Waals surface area (Å²) in [5.74, 6) is 9.31. The third kappa shape index (κ3) is 28.9. The minimum absolute atomic E-state index is 0.00359. The Morgan fingerprint density at radius 3 is 2.05 bits per heavy atom. The van der Waals surface area contributed by atoms with Gasteiger partial charge in [0.2, 0.25) is 23.4 Å². The van der Waals surface area contributed by atoms with Gasteiger partial charge in [0.15, 0.2) is 18.5 Å². The predicted octanol–water partition coefficient (Wildman–Crippen LogP) is 4.92. The van der Waals surface area contributed by atoms with Crippen molar-refractivity contribution in [2.24, 2.45) is 0 Å². The number of nitrogens with two attached hydrogens (primary N) is 2. The standard InChI is InChI=1S/C73H96N11O34P5S4/c1-6-81-53-28-26-47(126(105,106)107)35-49(53)72(2,3)58(81)21-10-7-11-22-59-73(4,5)50-36-48(127(108,109)110)27-29-54(50)82(59)32-15-9-13-24-61(86)80-52(70(91)77-30-14-8-12-23-60(85)76-31-16-19-45-39-83(62(87)37-51(45)74)63-38-55(116-120(95,96)97)56(114-63)41-112-119(92,93)94)43-125-124-34-18-25-64(88)111-33-17-20-46-40-84(69-65(46)68(75)78-44-79-69)71-67(90)66(89)57(115-71)42-113-122(101,102)118-123(103,104)117-121(98,99)100/h7,10-11,21-22,26-29,35-37,39-40,44,52,55-57,63,66-67,71,89-90H,6,8-9,12-15,18,23-25,30-34,38,41-43H2,1-5H3,(H16-,74,75,76,77,78,79,80,85,86,87,91,92,93,94,95,96,97,98,99,100,101,102,103,104,105,106,107,108,109,110)/p+1. The minimum Gasteiger partial charge on any atom is -0.452 e. The van der Waals surface area contributed by atoms with E-state index >= 15 is 0 Å². The number of unbranched alkanes of at least 4 members (excludes halogenated alkanes) is 4. The van der Waals surface area contributed by atoms with Crippen molar-refractivity contribution in [1.29, 1.82) is 0 Å². The highest BCUT2D eigenvalue weighted by atomic mass is 33.1. The van der Waals surface area contributed by atoms with Gasteiger partial charge in [-0.15, -0.1) is 0 Å². The second-order valence-electron chi connectivity index (χ2n) is 29.9. The Kier molecular flexibility index (Phi) is 35.3. The van der Waals surface area contributed by atoms with Gasteiger partial charge in [0.1, 0.15) is 67.1 Å². The molecule has 0 radical (unpaired) electrons. The molecule has 4 aliphatic rings. The molecule has 0 bridgehead atoms. The van der Waals surface area contributed by atoms with Crippen molar-refractivity contribution >= 4 is 144 Å². The van der Waals surface area contributed by atoms with Crippen LogP contribution in [0.25, 0.3) is 11.0 Å². The Balaban J connectivity index is 0.782. The molecule has 9 rings (SSSR count). The van der Waals surface area contributed by atoms with Gasteiger partial charge in [0.05, 0.1) is 57.2 Å². The topological polar surface area (TPSA) is 686 Å². The lowest BCUT2D eigenvalue weighted by Crippen LogP contribution is -2.48. The first kappa shape index (κ1) is 103. The van der Waals surface area contributed by atoms with E-state index in [0.29, 0.717) is 75.0 Å². The normalized spacial score (nSPS) is 20.8. The largest absolute Gasteiger partial charge is 0.490 e. The van der Waals surface area contributed by atoms with Gasteiger partial charge < -0.3 is 100 Å². The van der Waals surface area contributed by atoms with Crippen LogP contribution < -0.4 is 37.9 Å². The Morgan fingerprint density at radius 1 is 0.709 bits per heavy atom. The van der Waals surface area contributed by atoms with Crippen LogP contribution in [0, 0.1) is 23.7 Å². The van der Waals surface area contributed by atoms with Crippen molar-refractivity contribution in [2.45, 2.75) is 175 Å². The number of allylic oxidation sites excluding steroid dienone is 6. The fourth-order valence-electron chi connectivity index (χ4n) is 14.1. The number of esters is 1. The zero-order valence-corrected chi connectivity index (χ0v) is 76.2. The molecule has 3 amide bonds. The van der Waals surface area contributed by atoms with E-state index in [1.54, 1.807) is 12.1 Å². The van der Waals surface area contributed by atoms with Crippen LogP contribution in [0.1, 0.15) is 140 Å². The third-order valence-electron chi connectivity index (χ3n) is 20.1. The Hall–Kier alpha value is -7.71. The number of aromatic nitrogens is 4. The van der Waals surface area contributed by atoms with E-state index in [0.717, 1.165) is 39.6 Å². The van der Waals surface area contributed by atoms with E-state index in [-0.39, 0.29) is 93.9 Å². The van der Waals surface area contributed by atoms with E-state index in [2.05, 4.69) is 71.8 Å². The summed E-state index contributed by atoms with van der Waals surface area (Å²) in [6.07, 6.45) is 4.45. The highest BCUT2D eigenvalue weighted by Crippen LogP contribution is 2.66. The molecule has 0 aliphatic carbocycles. The summed E-state index contributed by atoms with van der Waals surface area (Å²) < 4.78 is 169. The van der Waals surface area contributed by atoms with Gasteiger partial charge >= 0.3 is 45.1 Å². The second kappa shape index (κ2) is 43.6. The lowest BCUT2D eigenvalue weighted by atomic mass is 9.81. The number of pyridine rings is 1. The van der Waals surface area contributed by atoms with Gasteiger partial charge in [0.25, 0.3) is 25.8 Å². The summed E-state index contributed by atoms with van der Waals surface area (Å²) in [6.45, 7) is 8.28. The molecule has 3 aromatic heterocycles. The maximum Gasteiger partial charge on any atom is 0.490 e. The molecular formula is C73H97N11O34P5S4+. The number of fused-ring (bicyclic) bond motifs is 3. The van der Waals surface area contributed by atoms with Gasteiger partial charge in [-0.2, -0.15) is 30.0 Å². The van der Waals surface area contributed by atoms with Crippen LogP contribution in [0.4, 0.5) is 22.9 Å². The van der Waals surface area contributed by atoms with Gasteiger partial charge in [-0.05, 0) is 94.8 Å². The molecule has 0 saturated carbocycles. The molecule has 54 heteroatoms. The number of nitrogens with one attached hydrogen (secondary N) is 3. The number of rotatable bonds is 43. The highest BCUT2D eigenvalue weighted by Gasteiger charge is 2.49. The number of aliphatic hydroxyl groups is 2. The van der Waals surface area contributed by atoms with Crippen LogP contribution in [-0.2, 0) is 109 Å². The Morgan fingerprint density at radius 2 is 1.37 bits per heavy atom. The van der Waals surface area contributed by atoms with Crippen molar-refractivity contribution in [1.82, 2.24) is 35.1 Å². The fourth-order valence-corrected chi connectivity index (χ4v) is 21.4. The molecule has 2 saturated heterocycles. The minimum atomic E-state index is -5.89. The molecular weight excluding hydrogens is 1860 g/mol. The highest BCUT2D eigenvalue weighted by molar-refractivity contribution is 8.76. The first-order valence-electron chi connectivity index (χ1n) is 38.7. The van der Waals surface area contributed by atoms with Gasteiger partial charge in [-0.1, -0.05) is 90.2 Å². The Labute approximate surface area is 735 Å². The number of ether oxygens (including phenoxy) is 3. The predicted molar refractivity (Wildman–Crippen MR) is 458 cm³/mol. The molecule has 7 heterocycles. The number of phosphoric acid groups is 5. The summed E-state index contributed by atoms with van der Waals surface area (Å²) in [4.78, 5) is 151. The van der Waals surface area contributed by atoms with Crippen LogP contribution in [0.3, 0.4) is 0 Å². The molecule has 696 valence electrons. The molecule has 10 atom stereocenters. The number of nitrogens with zero attached hydrogens (tertiary/aromatic N) is 6. The first-order valence-corrected chi connectivity index (χ1v) is 51.7. The lowest BCUT2D eigenvalue weighted by Gasteiger charge is -2.27. The number of carbonyl (C=O) groups is 4. The van der Waals surface area contributed by atoms with Crippen molar-refractivity contribution in [2.75, 3.05) is 73.9 Å². The van der Waals surface area contributed by atoms with E-state index in [1.807, 2.05) is 69.9 Å². The quantitative estimate of drug-likeness (QED) is 0.00360. The van der Waals surface area contributed by atoms with E-state index in [9.17, 15) is 112 Å². The SMILES string of the molecule is CC[N+]1=C(/C=C/C=C/C=C2/N(CCCCCC(=O)NC(CSSCCCC(=O)OCC#Cc3cn(C4OC(COP(=O)(O)OP(=O)(O)OP(=O)(O)O)C(O)C4O)c4ncnc(N)c34)C(=O)NCCCCCC(=O)NCC#Cc3cn(C4CC(OP(=O)(O)O)C(COP(=O)(O)O)O4)c(=O)cc3N)c3ccc(S(=O)(=O)O)cc3C2(C)C)C(C)(C)c2cc(S(=O)(=O)O)ccc21. The van der Waals surface area contributed by atoms with Crippen molar-refractivity contribution in [3.8, 4) is 23.7 Å². The first-order chi connectivity index (χ1) is 59.3. The number of phosphoric ester groups is 3. The third-order valence-corrected chi connectivity index (χ3v) is 29.1. The second-order valence-corrected chi connectivity index (χ2v) is 42.3. The molecule has 0 spiro atoms. The van der Waals surface area contributed by atoms with Crippen LogP contribution in [0.2, 0.25) is 0 Å². The Bertz CT molecular complexity index is 5770. The molecule has 5 aromatic rings. The van der Waals surface area contributed by atoms with Crippen LogP contribution in [-0.4, -0.2) is 222 Å². The number of hydrogen-bond acceptors (Lipinski definition) is 31.